The number of piperidine rings is 2. The normalized spacial score (nSPS) is 17.6. The summed E-state index contributed by atoms with van der Waals surface area (Å²) in [6, 6.07) is 5.82. The lowest BCUT2D eigenvalue weighted by Crippen LogP contribution is -2.56. The van der Waals surface area contributed by atoms with Crippen LogP contribution in [0.15, 0.2) is 46.3 Å². The van der Waals surface area contributed by atoms with E-state index < -0.39 is 43.4 Å². The standard InChI is InChI=1S/C54H82F5N5O4S/c1-3-5-6-7-8-9-10-11-12-13-14-15-16-17-18-19-20-21-22-23-38-67-50-40-48(56)51(41-47(50)55)69(65,66)52-42-60-49-25-24-45(68-54(57,58)59)39-46(49)53(52)64-32-28-44(29-33-64)63-36-34-62(35-37-63)43-26-30-61(4-2)31-27-43/h24-25,39-44H,3-23,26-38H2,1-2H3. The molecule has 0 atom stereocenters. The number of aromatic nitrogens is 1. The third-order valence-corrected chi connectivity index (χ3v) is 16.8. The van der Waals surface area contributed by atoms with Crippen molar-refractivity contribution in [2.24, 2.45) is 0 Å². The molecule has 0 saturated carbocycles. The molecule has 388 valence electrons. The van der Waals surface area contributed by atoms with Gasteiger partial charge in [0.2, 0.25) is 9.84 Å². The third kappa shape index (κ3) is 16.9. The third-order valence-electron chi connectivity index (χ3n) is 15.0. The fraction of sp³-hybridized carbons (Fsp3) is 0.722. The number of sulfone groups is 1. The Morgan fingerprint density at radius 3 is 1.59 bits per heavy atom. The van der Waals surface area contributed by atoms with Gasteiger partial charge in [0.25, 0.3) is 0 Å². The van der Waals surface area contributed by atoms with Crippen LogP contribution in [0.25, 0.3) is 10.9 Å². The zero-order valence-corrected chi connectivity index (χ0v) is 42.6. The fourth-order valence-electron chi connectivity index (χ4n) is 10.9. The molecule has 15 heteroatoms. The first-order chi connectivity index (χ1) is 33.4. The summed E-state index contributed by atoms with van der Waals surface area (Å²) in [6.45, 7) is 12.6. The van der Waals surface area contributed by atoms with E-state index in [9.17, 15) is 21.6 Å². The van der Waals surface area contributed by atoms with Gasteiger partial charge in [-0.15, -0.1) is 13.2 Å². The highest BCUT2D eigenvalue weighted by Gasteiger charge is 2.36. The predicted molar refractivity (Wildman–Crippen MR) is 267 cm³/mol. The monoisotopic (exact) mass is 992 g/mol. The molecule has 3 aliphatic heterocycles. The summed E-state index contributed by atoms with van der Waals surface area (Å²) < 4.78 is 111. The first-order valence-corrected chi connectivity index (χ1v) is 28.4. The number of alkyl halides is 3. The Hall–Kier alpha value is -3.27. The van der Waals surface area contributed by atoms with E-state index >= 15 is 8.78 Å². The molecule has 3 aromatic rings. The van der Waals surface area contributed by atoms with E-state index in [1.54, 1.807) is 0 Å². The quantitative estimate of drug-likeness (QED) is 0.0499. The first-order valence-electron chi connectivity index (χ1n) is 26.9. The van der Waals surface area contributed by atoms with Crippen LogP contribution in [-0.4, -0.2) is 112 Å². The number of hydrogen-bond acceptors (Lipinski definition) is 9. The molecule has 0 spiro atoms. The molecule has 0 unspecified atom stereocenters. The van der Waals surface area contributed by atoms with Crippen molar-refractivity contribution in [3.05, 3.63) is 48.2 Å². The summed E-state index contributed by atoms with van der Waals surface area (Å²) in [4.78, 5) is 12.4. The van der Waals surface area contributed by atoms with Gasteiger partial charge in [0.1, 0.15) is 21.4 Å². The number of nitrogens with zero attached hydrogens (tertiary/aromatic N) is 5. The first kappa shape index (κ1) is 55.1. The van der Waals surface area contributed by atoms with Crippen LogP contribution in [0, 0.1) is 11.6 Å². The lowest BCUT2D eigenvalue weighted by atomic mass is 9.99. The van der Waals surface area contributed by atoms with E-state index in [0.717, 1.165) is 89.5 Å². The average molecular weight is 992 g/mol. The minimum absolute atomic E-state index is 0.0917. The highest BCUT2D eigenvalue weighted by atomic mass is 32.2. The number of anilines is 1. The molecule has 0 aliphatic carbocycles. The molecule has 69 heavy (non-hydrogen) atoms. The van der Waals surface area contributed by atoms with Crippen LogP contribution >= 0.6 is 0 Å². The van der Waals surface area contributed by atoms with Crippen LogP contribution in [0.1, 0.15) is 168 Å². The smallest absolute Gasteiger partial charge is 0.490 e. The van der Waals surface area contributed by atoms with Gasteiger partial charge in [-0.3, -0.25) is 14.8 Å². The van der Waals surface area contributed by atoms with Crippen molar-refractivity contribution >= 4 is 26.4 Å². The Morgan fingerprint density at radius 1 is 0.609 bits per heavy atom. The second-order valence-electron chi connectivity index (χ2n) is 19.9. The topological polar surface area (TPSA) is 78.4 Å². The van der Waals surface area contributed by atoms with Gasteiger partial charge in [-0.2, -0.15) is 0 Å². The summed E-state index contributed by atoms with van der Waals surface area (Å²) in [7, 11) is -4.80. The minimum Gasteiger partial charge on any atom is -0.490 e. The van der Waals surface area contributed by atoms with Gasteiger partial charge in [-0.1, -0.05) is 136 Å². The zero-order chi connectivity index (χ0) is 49.1. The van der Waals surface area contributed by atoms with Crippen LogP contribution < -0.4 is 14.4 Å². The Balaban J connectivity index is 0.982. The number of fused-ring (bicyclic) bond motifs is 1. The maximum Gasteiger partial charge on any atom is 0.573 e. The van der Waals surface area contributed by atoms with E-state index in [1.165, 1.54) is 122 Å². The molecule has 0 N–H and O–H groups in total. The summed E-state index contributed by atoms with van der Waals surface area (Å²) in [5, 5.41) is 0.106. The molecule has 6 rings (SSSR count). The highest BCUT2D eigenvalue weighted by molar-refractivity contribution is 7.91. The molecule has 0 amide bonds. The molecule has 3 aliphatic rings. The summed E-state index contributed by atoms with van der Waals surface area (Å²) in [5.41, 5.74) is 0.330. The Morgan fingerprint density at radius 2 is 1.10 bits per heavy atom. The SMILES string of the molecule is CCCCCCCCCCCCCCCCCCCCCCOc1cc(F)c(S(=O)(=O)c2cnc3ccc(OC(F)(F)F)cc3c2N2CCC(N3CCN(C4CCN(CC)CC4)CC3)CC2)cc1F. The molecule has 3 fully saturated rings. The Bertz CT molecular complexity index is 2090. The van der Waals surface area contributed by atoms with E-state index in [1.807, 2.05) is 4.90 Å². The zero-order valence-electron chi connectivity index (χ0n) is 41.8. The number of halogens is 5. The number of likely N-dealkylation sites (tertiary alicyclic amines) is 1. The van der Waals surface area contributed by atoms with E-state index in [0.29, 0.717) is 44.5 Å². The molecule has 0 radical (unpaired) electrons. The van der Waals surface area contributed by atoms with Crippen molar-refractivity contribution < 1.29 is 39.8 Å². The van der Waals surface area contributed by atoms with Crippen molar-refractivity contribution in [2.75, 3.05) is 70.4 Å². The number of benzene rings is 2. The van der Waals surface area contributed by atoms with Gasteiger partial charge in [0.15, 0.2) is 11.6 Å². The molecular weight excluding hydrogens is 910 g/mol. The van der Waals surface area contributed by atoms with Gasteiger partial charge in [-0.05, 0) is 76.0 Å². The predicted octanol–water partition coefficient (Wildman–Crippen LogP) is 13.5. The average Bonchev–Trinajstić information content (AvgIpc) is 3.34. The molecule has 3 saturated heterocycles. The van der Waals surface area contributed by atoms with Crippen LogP contribution in [0.2, 0.25) is 0 Å². The van der Waals surface area contributed by atoms with E-state index in [2.05, 4.69) is 38.3 Å². The molecule has 0 bridgehead atoms. The molecule has 2 aromatic carbocycles. The summed E-state index contributed by atoms with van der Waals surface area (Å²) >= 11 is 0. The highest BCUT2D eigenvalue weighted by Crippen LogP contribution is 2.41. The Kier molecular flexibility index (Phi) is 22.4. The van der Waals surface area contributed by atoms with Crippen LogP contribution in [-0.2, 0) is 9.84 Å². The maximum atomic E-state index is 15.9. The van der Waals surface area contributed by atoms with Crippen molar-refractivity contribution in [1.29, 1.82) is 0 Å². The number of rotatable bonds is 29. The lowest BCUT2D eigenvalue weighted by Gasteiger charge is -2.46. The maximum absolute atomic E-state index is 15.9. The lowest BCUT2D eigenvalue weighted by molar-refractivity contribution is -0.274. The summed E-state index contributed by atoms with van der Waals surface area (Å²) in [6.07, 6.45) is 24.9. The minimum atomic E-state index is -4.99. The number of pyridine rings is 1. The molecule has 4 heterocycles. The number of ether oxygens (including phenoxy) is 2. The number of hydrogen-bond donors (Lipinski definition) is 0. The number of piperazine rings is 1. The van der Waals surface area contributed by atoms with Crippen LogP contribution in [0.5, 0.6) is 11.5 Å². The van der Waals surface area contributed by atoms with Crippen LogP contribution in [0.4, 0.5) is 27.6 Å². The van der Waals surface area contributed by atoms with Gasteiger partial charge >= 0.3 is 6.36 Å². The number of unbranched alkanes of at least 4 members (excludes halogenated alkanes) is 19. The molecule has 9 nitrogen and oxygen atoms in total. The fourth-order valence-corrected chi connectivity index (χ4v) is 12.4. The second kappa shape index (κ2) is 28.1. The molecule has 1 aromatic heterocycles. The van der Waals surface area contributed by atoms with Crippen molar-refractivity contribution in [3.8, 4) is 11.5 Å². The van der Waals surface area contributed by atoms with Gasteiger partial charge in [0, 0.05) is 69.0 Å². The van der Waals surface area contributed by atoms with Gasteiger partial charge < -0.3 is 19.3 Å². The van der Waals surface area contributed by atoms with E-state index in [-0.39, 0.29) is 35.0 Å². The largest absolute Gasteiger partial charge is 0.573 e. The van der Waals surface area contributed by atoms with E-state index in [4.69, 9.17) is 4.74 Å². The summed E-state index contributed by atoms with van der Waals surface area (Å²) in [5.74, 6) is -3.13. The van der Waals surface area contributed by atoms with Crippen LogP contribution in [0.3, 0.4) is 0 Å². The second-order valence-corrected chi connectivity index (χ2v) is 21.8. The Labute approximate surface area is 410 Å². The molecular formula is C54H82F5N5O4S. The van der Waals surface area contributed by atoms with Crippen molar-refractivity contribution in [2.45, 2.75) is 196 Å². The van der Waals surface area contributed by atoms with Crippen molar-refractivity contribution in [3.63, 3.8) is 0 Å². The van der Waals surface area contributed by atoms with Crippen molar-refractivity contribution in [1.82, 2.24) is 19.7 Å². The van der Waals surface area contributed by atoms with Gasteiger partial charge in [-0.25, -0.2) is 17.2 Å². The van der Waals surface area contributed by atoms with Gasteiger partial charge in [0.05, 0.1) is 17.8 Å².